The molecule has 3 heterocycles. The van der Waals surface area contributed by atoms with Crippen LogP contribution in [0, 0.1) is 18.3 Å². The van der Waals surface area contributed by atoms with Crippen LogP contribution in [0.25, 0.3) is 0 Å². The second-order valence-electron chi connectivity index (χ2n) is 7.64. The van der Waals surface area contributed by atoms with Gasteiger partial charge in [-0.2, -0.15) is 13.2 Å². The highest BCUT2D eigenvalue weighted by atomic mass is 32.1. The van der Waals surface area contributed by atoms with Crippen LogP contribution in [0.4, 0.5) is 18.0 Å². The molecule has 3 aliphatic rings. The van der Waals surface area contributed by atoms with Crippen LogP contribution in [0.2, 0.25) is 0 Å². The Kier molecular flexibility index (Phi) is 4.42. The zero-order valence-electron chi connectivity index (χ0n) is 14.5. The van der Waals surface area contributed by atoms with Crippen molar-refractivity contribution >= 4 is 17.4 Å². The molecular formula is C17H22F3N3O2S. The fraction of sp³-hybridized carbons (Fsp3) is 0.765. The average Bonchev–Trinajstić information content (AvgIpc) is 3.29. The second-order valence-corrected chi connectivity index (χ2v) is 8.53. The molecule has 26 heavy (non-hydrogen) atoms. The Morgan fingerprint density at radius 3 is 2.65 bits per heavy atom. The number of halogens is 3. The number of urea groups is 1. The van der Waals surface area contributed by atoms with Gasteiger partial charge in [-0.3, -0.25) is 0 Å². The minimum atomic E-state index is -4.57. The van der Waals surface area contributed by atoms with E-state index in [0.717, 1.165) is 37.0 Å². The van der Waals surface area contributed by atoms with Gasteiger partial charge < -0.3 is 15.0 Å². The molecular weight excluding hydrogens is 367 g/mol. The SMILES string of the molecule is Cc1csc(C(NC(=O)N2CC3(CCOCC3)C2C2CC2)C(F)(F)F)n1. The Bertz CT molecular complexity index is 683. The van der Waals surface area contributed by atoms with Crippen molar-refractivity contribution in [2.75, 3.05) is 19.8 Å². The van der Waals surface area contributed by atoms with Crippen molar-refractivity contribution in [3.05, 3.63) is 16.1 Å². The highest BCUT2D eigenvalue weighted by molar-refractivity contribution is 7.09. The summed E-state index contributed by atoms with van der Waals surface area (Å²) in [5, 5.41) is 3.65. The number of thiazole rings is 1. The molecule has 2 aliphatic heterocycles. The number of alkyl halides is 3. The van der Waals surface area contributed by atoms with Crippen LogP contribution in [0.3, 0.4) is 0 Å². The number of aromatic nitrogens is 1. The Morgan fingerprint density at radius 1 is 1.42 bits per heavy atom. The number of rotatable bonds is 3. The lowest BCUT2D eigenvalue weighted by Gasteiger charge is -2.59. The smallest absolute Gasteiger partial charge is 0.381 e. The molecule has 0 bridgehead atoms. The van der Waals surface area contributed by atoms with Gasteiger partial charge in [0.25, 0.3) is 0 Å². The third-order valence-corrected chi connectivity index (χ3v) is 6.77. The summed E-state index contributed by atoms with van der Waals surface area (Å²) in [4.78, 5) is 18.2. The molecule has 9 heteroatoms. The van der Waals surface area contributed by atoms with Crippen LogP contribution in [-0.4, -0.2) is 47.9 Å². The Labute approximate surface area is 153 Å². The summed E-state index contributed by atoms with van der Waals surface area (Å²) >= 11 is 0.924. The van der Waals surface area contributed by atoms with E-state index in [1.807, 2.05) is 0 Å². The molecule has 1 aliphatic carbocycles. The van der Waals surface area contributed by atoms with Crippen molar-refractivity contribution < 1.29 is 22.7 Å². The zero-order chi connectivity index (χ0) is 18.5. The van der Waals surface area contributed by atoms with Gasteiger partial charge in [0.05, 0.1) is 0 Å². The van der Waals surface area contributed by atoms with Gasteiger partial charge in [-0.25, -0.2) is 9.78 Å². The monoisotopic (exact) mass is 389 g/mol. The van der Waals surface area contributed by atoms with Crippen LogP contribution in [0.5, 0.6) is 0 Å². The van der Waals surface area contributed by atoms with E-state index in [9.17, 15) is 18.0 Å². The van der Waals surface area contributed by atoms with Crippen LogP contribution in [0.1, 0.15) is 42.4 Å². The molecule has 2 atom stereocenters. The molecule has 1 N–H and O–H groups in total. The predicted molar refractivity (Wildman–Crippen MR) is 89.9 cm³/mol. The molecule has 2 unspecified atom stereocenters. The number of carbonyl (C=O) groups is 1. The van der Waals surface area contributed by atoms with Crippen molar-refractivity contribution in [2.45, 2.75) is 50.9 Å². The van der Waals surface area contributed by atoms with Crippen LogP contribution in [-0.2, 0) is 4.74 Å². The molecule has 1 saturated carbocycles. The number of ether oxygens (including phenoxy) is 1. The van der Waals surface area contributed by atoms with E-state index in [0.29, 0.717) is 31.4 Å². The van der Waals surface area contributed by atoms with Gasteiger partial charge in [-0.15, -0.1) is 11.3 Å². The number of carbonyl (C=O) groups excluding carboxylic acids is 1. The predicted octanol–water partition coefficient (Wildman–Crippen LogP) is 3.66. The molecule has 3 fully saturated rings. The number of nitrogens with zero attached hydrogens (tertiary/aromatic N) is 2. The average molecular weight is 389 g/mol. The minimum absolute atomic E-state index is 0.0300. The minimum Gasteiger partial charge on any atom is -0.381 e. The van der Waals surface area contributed by atoms with Crippen LogP contribution < -0.4 is 5.32 Å². The number of nitrogens with one attached hydrogen (secondary N) is 1. The topological polar surface area (TPSA) is 54.5 Å². The third-order valence-electron chi connectivity index (χ3n) is 5.75. The van der Waals surface area contributed by atoms with Gasteiger partial charge >= 0.3 is 12.2 Å². The largest absolute Gasteiger partial charge is 0.415 e. The van der Waals surface area contributed by atoms with Gasteiger partial charge in [0.1, 0.15) is 5.01 Å². The number of hydrogen-bond acceptors (Lipinski definition) is 4. The molecule has 144 valence electrons. The zero-order valence-corrected chi connectivity index (χ0v) is 15.3. The van der Waals surface area contributed by atoms with E-state index in [-0.39, 0.29) is 16.5 Å². The Balaban J connectivity index is 1.50. The van der Waals surface area contributed by atoms with Crippen LogP contribution >= 0.6 is 11.3 Å². The molecule has 5 nitrogen and oxygen atoms in total. The van der Waals surface area contributed by atoms with Crippen molar-refractivity contribution in [1.29, 1.82) is 0 Å². The summed E-state index contributed by atoms with van der Waals surface area (Å²) in [7, 11) is 0. The van der Waals surface area contributed by atoms with Crippen molar-refractivity contribution in [2.24, 2.45) is 11.3 Å². The fourth-order valence-electron chi connectivity index (χ4n) is 4.34. The van der Waals surface area contributed by atoms with Crippen LogP contribution in [0.15, 0.2) is 5.38 Å². The highest BCUT2D eigenvalue weighted by Crippen LogP contribution is 2.55. The van der Waals surface area contributed by atoms with E-state index < -0.39 is 18.2 Å². The number of amides is 2. The summed E-state index contributed by atoms with van der Waals surface area (Å²) in [5.74, 6) is 0.416. The second kappa shape index (κ2) is 6.37. The Hall–Kier alpha value is -1.35. The fourth-order valence-corrected chi connectivity index (χ4v) is 5.21. The van der Waals surface area contributed by atoms with E-state index in [2.05, 4.69) is 10.3 Å². The van der Waals surface area contributed by atoms with E-state index in [4.69, 9.17) is 4.74 Å². The summed E-state index contributed by atoms with van der Waals surface area (Å²) < 4.78 is 45.9. The number of aryl methyl sites for hydroxylation is 1. The van der Waals surface area contributed by atoms with E-state index >= 15 is 0 Å². The summed E-state index contributed by atoms with van der Waals surface area (Å²) in [6.45, 7) is 3.50. The first-order valence-corrected chi connectivity index (χ1v) is 9.82. The summed E-state index contributed by atoms with van der Waals surface area (Å²) in [6, 6.07) is -2.65. The summed E-state index contributed by atoms with van der Waals surface area (Å²) in [6.07, 6.45) is -0.717. The molecule has 2 saturated heterocycles. The molecule has 2 amide bonds. The lowest BCUT2D eigenvalue weighted by Crippen LogP contribution is -2.70. The molecule has 1 spiro atoms. The van der Waals surface area contributed by atoms with Crippen molar-refractivity contribution in [1.82, 2.24) is 15.2 Å². The number of likely N-dealkylation sites (tertiary alicyclic amines) is 1. The first-order chi connectivity index (χ1) is 12.3. The summed E-state index contributed by atoms with van der Waals surface area (Å²) in [5.41, 5.74) is 0.553. The van der Waals surface area contributed by atoms with E-state index in [1.54, 1.807) is 17.2 Å². The maximum Gasteiger partial charge on any atom is 0.415 e. The van der Waals surface area contributed by atoms with Gasteiger partial charge in [0.15, 0.2) is 6.04 Å². The molecule has 4 rings (SSSR count). The normalized spacial score (nSPS) is 26.5. The Morgan fingerprint density at radius 2 is 2.12 bits per heavy atom. The van der Waals surface area contributed by atoms with Gasteiger partial charge in [0, 0.05) is 42.3 Å². The number of hydrogen-bond donors (Lipinski definition) is 1. The third kappa shape index (κ3) is 3.19. The highest BCUT2D eigenvalue weighted by Gasteiger charge is 2.60. The molecule has 0 radical (unpaired) electrons. The molecule has 0 aromatic carbocycles. The van der Waals surface area contributed by atoms with Gasteiger partial charge in [-0.05, 0) is 38.5 Å². The maximum atomic E-state index is 13.5. The standard InChI is InChI=1S/C17H22F3N3O2S/c1-10-8-26-14(21-10)12(17(18,19)20)22-15(24)23-9-16(4-6-25-7-5-16)13(23)11-2-3-11/h8,11-13H,2-7,9H2,1H3,(H,22,24). The van der Waals surface area contributed by atoms with Gasteiger partial charge in [-0.1, -0.05) is 0 Å². The maximum absolute atomic E-state index is 13.5. The van der Waals surface area contributed by atoms with Crippen molar-refractivity contribution in [3.63, 3.8) is 0 Å². The lowest BCUT2D eigenvalue weighted by atomic mass is 9.64. The first-order valence-electron chi connectivity index (χ1n) is 8.94. The van der Waals surface area contributed by atoms with Crippen molar-refractivity contribution in [3.8, 4) is 0 Å². The molecule has 1 aromatic rings. The van der Waals surface area contributed by atoms with E-state index in [1.165, 1.54) is 0 Å². The lowest BCUT2D eigenvalue weighted by molar-refractivity contribution is -0.158. The quantitative estimate of drug-likeness (QED) is 0.859. The first kappa shape index (κ1) is 18.0. The van der Waals surface area contributed by atoms with Gasteiger partial charge in [0.2, 0.25) is 0 Å². The molecule has 1 aromatic heterocycles.